The Morgan fingerprint density at radius 3 is 2.74 bits per heavy atom. The SMILES string of the molecule is N#CCCC(C#N)COc1ccccc1C(=O)NC1CCCC1. The predicted octanol–water partition coefficient (Wildman–Crippen LogP) is 3.18. The molecule has 1 atom stereocenters. The molecule has 1 aromatic carbocycles. The number of benzene rings is 1. The van der Waals surface area contributed by atoms with Crippen molar-refractivity contribution in [1.29, 1.82) is 10.5 Å². The van der Waals surface area contributed by atoms with Crippen molar-refractivity contribution < 1.29 is 9.53 Å². The van der Waals surface area contributed by atoms with Gasteiger partial charge in [-0.1, -0.05) is 25.0 Å². The van der Waals surface area contributed by atoms with Crippen LogP contribution in [-0.2, 0) is 0 Å². The number of rotatable bonds is 7. The Balaban J connectivity index is 1.98. The van der Waals surface area contributed by atoms with Gasteiger partial charge in [-0.15, -0.1) is 0 Å². The van der Waals surface area contributed by atoms with Crippen LogP contribution < -0.4 is 10.1 Å². The van der Waals surface area contributed by atoms with E-state index in [9.17, 15) is 4.79 Å². The summed E-state index contributed by atoms with van der Waals surface area (Å²) in [6, 6.07) is 11.5. The van der Waals surface area contributed by atoms with Crippen LogP contribution in [0.4, 0.5) is 0 Å². The molecule has 0 radical (unpaired) electrons. The largest absolute Gasteiger partial charge is 0.491 e. The lowest BCUT2D eigenvalue weighted by atomic mass is 10.1. The number of amides is 1. The maximum absolute atomic E-state index is 12.4. The van der Waals surface area contributed by atoms with Gasteiger partial charge in [0, 0.05) is 12.5 Å². The fourth-order valence-electron chi connectivity index (χ4n) is 2.73. The molecule has 1 aliphatic rings. The van der Waals surface area contributed by atoms with Gasteiger partial charge in [-0.2, -0.15) is 10.5 Å². The fraction of sp³-hybridized carbons (Fsp3) is 0.500. The average Bonchev–Trinajstić information content (AvgIpc) is 3.08. The van der Waals surface area contributed by atoms with E-state index in [0.29, 0.717) is 24.2 Å². The molecule has 1 unspecified atom stereocenters. The number of nitrogens with zero attached hydrogens (tertiary/aromatic N) is 2. The molecule has 5 heteroatoms. The Morgan fingerprint density at radius 2 is 2.04 bits per heavy atom. The van der Waals surface area contributed by atoms with E-state index in [2.05, 4.69) is 11.4 Å². The molecule has 1 amide bonds. The smallest absolute Gasteiger partial charge is 0.255 e. The maximum atomic E-state index is 12.4. The minimum absolute atomic E-state index is 0.127. The average molecular weight is 311 g/mol. The fourth-order valence-corrected chi connectivity index (χ4v) is 2.73. The highest BCUT2D eigenvalue weighted by atomic mass is 16.5. The van der Waals surface area contributed by atoms with Crippen molar-refractivity contribution in [3.8, 4) is 17.9 Å². The van der Waals surface area contributed by atoms with E-state index in [1.165, 1.54) is 0 Å². The van der Waals surface area contributed by atoms with Gasteiger partial charge in [-0.05, 0) is 31.4 Å². The molecule has 0 heterocycles. The summed E-state index contributed by atoms with van der Waals surface area (Å²) in [5.41, 5.74) is 0.497. The first-order chi connectivity index (χ1) is 11.2. The van der Waals surface area contributed by atoms with Gasteiger partial charge in [0.25, 0.3) is 5.91 Å². The molecule has 2 rings (SSSR count). The van der Waals surface area contributed by atoms with Crippen LogP contribution in [0.25, 0.3) is 0 Å². The Kier molecular flexibility index (Phi) is 6.44. The highest BCUT2D eigenvalue weighted by Gasteiger charge is 2.20. The summed E-state index contributed by atoms with van der Waals surface area (Å²) in [7, 11) is 0. The summed E-state index contributed by atoms with van der Waals surface area (Å²) in [4.78, 5) is 12.4. The van der Waals surface area contributed by atoms with Crippen LogP contribution >= 0.6 is 0 Å². The molecule has 0 spiro atoms. The molecule has 1 saturated carbocycles. The summed E-state index contributed by atoms with van der Waals surface area (Å²) < 4.78 is 5.68. The third kappa shape index (κ3) is 5.00. The summed E-state index contributed by atoms with van der Waals surface area (Å²) >= 11 is 0. The van der Waals surface area contributed by atoms with Crippen LogP contribution in [0.5, 0.6) is 5.75 Å². The van der Waals surface area contributed by atoms with Gasteiger partial charge >= 0.3 is 0 Å². The number of carbonyl (C=O) groups excluding carboxylic acids is 1. The van der Waals surface area contributed by atoms with Crippen molar-refractivity contribution in [2.45, 2.75) is 44.6 Å². The minimum Gasteiger partial charge on any atom is -0.491 e. The standard InChI is InChI=1S/C18H21N3O2/c19-11-5-6-14(12-20)13-23-17-10-4-3-9-16(17)18(22)21-15-7-1-2-8-15/h3-4,9-10,14-15H,1-2,5-8,13H2,(H,21,22). The quantitative estimate of drug-likeness (QED) is 0.838. The molecule has 0 aliphatic heterocycles. The van der Waals surface area contributed by atoms with Crippen molar-refractivity contribution in [3.05, 3.63) is 29.8 Å². The molecule has 1 fully saturated rings. The van der Waals surface area contributed by atoms with Crippen LogP contribution in [0.3, 0.4) is 0 Å². The van der Waals surface area contributed by atoms with E-state index in [4.69, 9.17) is 15.3 Å². The second kappa shape index (κ2) is 8.80. The number of nitrogens with one attached hydrogen (secondary N) is 1. The van der Waals surface area contributed by atoms with E-state index in [1.807, 2.05) is 6.07 Å². The van der Waals surface area contributed by atoms with Crippen molar-refractivity contribution in [2.75, 3.05) is 6.61 Å². The molecular formula is C18H21N3O2. The highest BCUT2D eigenvalue weighted by Crippen LogP contribution is 2.22. The van der Waals surface area contributed by atoms with Crippen LogP contribution in [0, 0.1) is 28.6 Å². The molecule has 1 aromatic rings. The van der Waals surface area contributed by atoms with Gasteiger partial charge in [0.2, 0.25) is 0 Å². The van der Waals surface area contributed by atoms with Gasteiger partial charge in [-0.25, -0.2) is 0 Å². The lowest BCUT2D eigenvalue weighted by Gasteiger charge is -2.16. The van der Waals surface area contributed by atoms with Gasteiger partial charge in [-0.3, -0.25) is 4.79 Å². The van der Waals surface area contributed by atoms with Gasteiger partial charge in [0.05, 0.1) is 23.6 Å². The second-order valence-electron chi connectivity index (χ2n) is 5.78. The number of nitriles is 2. The lowest BCUT2D eigenvalue weighted by Crippen LogP contribution is -2.32. The first kappa shape index (κ1) is 16.8. The van der Waals surface area contributed by atoms with E-state index in [1.54, 1.807) is 24.3 Å². The molecule has 0 bridgehead atoms. The molecule has 1 N–H and O–H groups in total. The number of para-hydroxylation sites is 1. The van der Waals surface area contributed by atoms with E-state index in [-0.39, 0.29) is 24.5 Å². The zero-order valence-corrected chi connectivity index (χ0v) is 13.1. The zero-order chi connectivity index (χ0) is 16.5. The van der Waals surface area contributed by atoms with Gasteiger partial charge in [0.1, 0.15) is 12.4 Å². The molecule has 23 heavy (non-hydrogen) atoms. The molecule has 0 aromatic heterocycles. The molecule has 5 nitrogen and oxygen atoms in total. The van der Waals surface area contributed by atoms with Gasteiger partial charge in [0.15, 0.2) is 0 Å². The second-order valence-corrected chi connectivity index (χ2v) is 5.78. The number of ether oxygens (including phenoxy) is 1. The third-order valence-electron chi connectivity index (χ3n) is 4.05. The van der Waals surface area contributed by atoms with E-state index >= 15 is 0 Å². The van der Waals surface area contributed by atoms with E-state index < -0.39 is 0 Å². The van der Waals surface area contributed by atoms with Crippen LogP contribution in [-0.4, -0.2) is 18.6 Å². The first-order valence-electron chi connectivity index (χ1n) is 8.04. The number of hydrogen-bond acceptors (Lipinski definition) is 4. The van der Waals surface area contributed by atoms with Crippen LogP contribution in [0.15, 0.2) is 24.3 Å². The normalized spacial score (nSPS) is 15.4. The summed E-state index contributed by atoms with van der Waals surface area (Å²) in [6.45, 7) is 0.186. The Labute approximate surface area is 136 Å². The predicted molar refractivity (Wildman–Crippen MR) is 85.6 cm³/mol. The lowest BCUT2D eigenvalue weighted by molar-refractivity contribution is 0.0933. The molecule has 120 valence electrons. The summed E-state index contributed by atoms with van der Waals surface area (Å²) in [5.74, 6) is 0.0128. The highest BCUT2D eigenvalue weighted by molar-refractivity contribution is 5.97. The Hall–Kier alpha value is -2.53. The molecule has 1 aliphatic carbocycles. The Bertz CT molecular complexity index is 609. The van der Waals surface area contributed by atoms with Crippen molar-refractivity contribution >= 4 is 5.91 Å². The van der Waals surface area contributed by atoms with Crippen molar-refractivity contribution in [3.63, 3.8) is 0 Å². The maximum Gasteiger partial charge on any atom is 0.255 e. The van der Waals surface area contributed by atoms with Crippen molar-refractivity contribution in [1.82, 2.24) is 5.32 Å². The van der Waals surface area contributed by atoms with Crippen LogP contribution in [0.1, 0.15) is 48.9 Å². The number of carbonyl (C=O) groups is 1. The summed E-state index contributed by atoms with van der Waals surface area (Å²) in [6.07, 6.45) is 5.17. The van der Waals surface area contributed by atoms with E-state index in [0.717, 1.165) is 25.7 Å². The zero-order valence-electron chi connectivity index (χ0n) is 13.1. The first-order valence-corrected chi connectivity index (χ1v) is 8.04. The van der Waals surface area contributed by atoms with Crippen molar-refractivity contribution in [2.24, 2.45) is 5.92 Å². The topological polar surface area (TPSA) is 85.9 Å². The minimum atomic E-state index is -0.347. The summed E-state index contributed by atoms with van der Waals surface area (Å²) in [5, 5.41) is 20.7. The Morgan fingerprint density at radius 1 is 1.30 bits per heavy atom. The van der Waals surface area contributed by atoms with Crippen LogP contribution in [0.2, 0.25) is 0 Å². The van der Waals surface area contributed by atoms with Gasteiger partial charge < -0.3 is 10.1 Å². The molecular weight excluding hydrogens is 290 g/mol. The molecule has 0 saturated heterocycles. The number of hydrogen-bond donors (Lipinski definition) is 1. The monoisotopic (exact) mass is 311 g/mol. The third-order valence-corrected chi connectivity index (χ3v) is 4.05.